The molecule has 0 radical (unpaired) electrons. The van der Waals surface area contributed by atoms with E-state index in [0.717, 1.165) is 37.0 Å². The van der Waals surface area contributed by atoms with E-state index in [4.69, 9.17) is 0 Å². The number of nitrogens with zero attached hydrogens (tertiary/aromatic N) is 3. The zero-order chi connectivity index (χ0) is 23.8. The molecule has 0 unspecified atom stereocenters. The number of amides is 4. The molecule has 33 heavy (non-hydrogen) atoms. The van der Waals surface area contributed by atoms with Crippen LogP contribution in [0.1, 0.15) is 51.9 Å². The lowest BCUT2D eigenvalue weighted by Gasteiger charge is -2.35. The molecule has 1 aromatic carbocycles. The van der Waals surface area contributed by atoms with Gasteiger partial charge >= 0.3 is 6.03 Å². The van der Waals surface area contributed by atoms with Crippen molar-refractivity contribution in [2.75, 3.05) is 32.0 Å². The summed E-state index contributed by atoms with van der Waals surface area (Å²) in [6.45, 7) is 2.78. The van der Waals surface area contributed by atoms with Crippen LogP contribution in [0.25, 0.3) is 0 Å². The highest BCUT2D eigenvalue weighted by Gasteiger charge is 2.55. The number of urea groups is 1. The number of anilines is 1. The molecule has 4 amide bonds. The molecule has 1 aliphatic carbocycles. The molecule has 1 aromatic rings. The molecule has 9 nitrogen and oxygen atoms in total. The van der Waals surface area contributed by atoms with Gasteiger partial charge in [-0.15, -0.1) is 0 Å². The van der Waals surface area contributed by atoms with Crippen LogP contribution >= 0.6 is 0 Å². The Balaban J connectivity index is 1.39. The molecule has 2 aliphatic heterocycles. The monoisotopic (exact) mass is 476 g/mol. The quantitative estimate of drug-likeness (QED) is 0.658. The summed E-state index contributed by atoms with van der Waals surface area (Å²) in [7, 11) is -1.94. The molecule has 3 fully saturated rings. The second-order valence-corrected chi connectivity index (χ2v) is 11.4. The highest BCUT2D eigenvalue weighted by molar-refractivity contribution is 7.89. The van der Waals surface area contributed by atoms with E-state index >= 15 is 0 Å². The second kappa shape index (κ2) is 9.06. The van der Waals surface area contributed by atoms with Crippen molar-refractivity contribution in [3.63, 3.8) is 0 Å². The number of rotatable bonds is 5. The van der Waals surface area contributed by atoms with Crippen molar-refractivity contribution in [3.05, 3.63) is 24.3 Å². The summed E-state index contributed by atoms with van der Waals surface area (Å²) in [6.07, 6.45) is 5.75. The minimum Gasteiger partial charge on any atom is -0.325 e. The molecule has 2 saturated heterocycles. The fourth-order valence-electron chi connectivity index (χ4n) is 5.10. The summed E-state index contributed by atoms with van der Waals surface area (Å²) in [5.41, 5.74) is -0.413. The standard InChI is InChI=1S/C23H32N4O5S/c1-17-10-14-26(15-11-17)33(31,32)19-8-6-18(7-9-19)24-20(28)16-27-21(29)23(25(2)22(27)30)12-4-3-5-13-23/h6-9,17H,3-5,10-16H2,1-2H3,(H,24,28). The summed E-state index contributed by atoms with van der Waals surface area (Å²) in [6, 6.07) is 5.55. The second-order valence-electron chi connectivity index (χ2n) is 9.48. The van der Waals surface area contributed by atoms with Gasteiger partial charge in [0.05, 0.1) is 4.90 Å². The fourth-order valence-corrected chi connectivity index (χ4v) is 6.57. The van der Waals surface area contributed by atoms with Gasteiger partial charge in [-0.1, -0.05) is 26.2 Å². The molecule has 1 saturated carbocycles. The number of hydrogen-bond acceptors (Lipinski definition) is 5. The van der Waals surface area contributed by atoms with Crippen molar-refractivity contribution in [1.82, 2.24) is 14.1 Å². The molecule has 1 spiro atoms. The van der Waals surface area contributed by atoms with Gasteiger partial charge in [0.2, 0.25) is 15.9 Å². The minimum atomic E-state index is -3.57. The van der Waals surface area contributed by atoms with Crippen LogP contribution in [0.3, 0.4) is 0 Å². The maximum Gasteiger partial charge on any atom is 0.327 e. The van der Waals surface area contributed by atoms with Crippen LogP contribution in [-0.2, 0) is 19.6 Å². The van der Waals surface area contributed by atoms with Crippen LogP contribution in [0.4, 0.5) is 10.5 Å². The lowest BCUT2D eigenvalue weighted by Crippen LogP contribution is -2.49. The van der Waals surface area contributed by atoms with E-state index < -0.39 is 27.5 Å². The van der Waals surface area contributed by atoms with Gasteiger partial charge in [0.1, 0.15) is 12.1 Å². The van der Waals surface area contributed by atoms with Gasteiger partial charge in [0.15, 0.2) is 0 Å². The largest absolute Gasteiger partial charge is 0.327 e. The number of sulfonamides is 1. The van der Waals surface area contributed by atoms with Gasteiger partial charge in [-0.25, -0.2) is 13.2 Å². The highest BCUT2D eigenvalue weighted by atomic mass is 32.2. The zero-order valence-corrected chi connectivity index (χ0v) is 20.1. The number of benzene rings is 1. The van der Waals surface area contributed by atoms with Gasteiger partial charge in [-0.3, -0.25) is 14.5 Å². The average molecular weight is 477 g/mol. The van der Waals surface area contributed by atoms with Crippen molar-refractivity contribution in [2.45, 2.75) is 62.3 Å². The van der Waals surface area contributed by atoms with Crippen LogP contribution in [0.2, 0.25) is 0 Å². The third-order valence-corrected chi connectivity index (χ3v) is 9.22. The lowest BCUT2D eigenvalue weighted by molar-refractivity contribution is -0.136. The molecule has 2 heterocycles. The van der Waals surface area contributed by atoms with Crippen molar-refractivity contribution in [2.24, 2.45) is 5.92 Å². The van der Waals surface area contributed by atoms with Crippen LogP contribution in [0, 0.1) is 5.92 Å². The Kier molecular flexibility index (Phi) is 6.50. The van der Waals surface area contributed by atoms with Gasteiger partial charge in [-0.2, -0.15) is 4.31 Å². The zero-order valence-electron chi connectivity index (χ0n) is 19.2. The number of carbonyl (C=O) groups is 3. The summed E-state index contributed by atoms with van der Waals surface area (Å²) in [5, 5.41) is 2.67. The van der Waals surface area contributed by atoms with E-state index in [0.29, 0.717) is 37.5 Å². The van der Waals surface area contributed by atoms with Crippen LogP contribution < -0.4 is 5.32 Å². The summed E-state index contributed by atoms with van der Waals surface area (Å²) in [4.78, 5) is 41.0. The van der Waals surface area contributed by atoms with Crippen LogP contribution in [-0.4, -0.2) is 72.6 Å². The first kappa shape index (κ1) is 23.7. The average Bonchev–Trinajstić information content (AvgIpc) is 2.96. The maximum atomic E-state index is 13.0. The molecule has 180 valence electrons. The first-order valence-corrected chi connectivity index (χ1v) is 13.1. The van der Waals surface area contributed by atoms with E-state index in [1.165, 1.54) is 33.5 Å². The highest BCUT2D eigenvalue weighted by Crippen LogP contribution is 2.39. The van der Waals surface area contributed by atoms with E-state index in [9.17, 15) is 22.8 Å². The Morgan fingerprint density at radius 3 is 2.27 bits per heavy atom. The number of nitrogens with one attached hydrogen (secondary N) is 1. The molecule has 10 heteroatoms. The molecular formula is C23H32N4O5S. The van der Waals surface area contributed by atoms with Gasteiger partial charge in [0, 0.05) is 25.8 Å². The van der Waals surface area contributed by atoms with Gasteiger partial charge < -0.3 is 10.2 Å². The topological polar surface area (TPSA) is 107 Å². The molecular weight excluding hydrogens is 444 g/mol. The van der Waals surface area contributed by atoms with Gasteiger partial charge in [0.25, 0.3) is 5.91 Å². The SMILES string of the molecule is CC1CCN(S(=O)(=O)c2ccc(NC(=O)CN3C(=O)N(C)C4(CCCCC4)C3=O)cc2)CC1. The Hall–Kier alpha value is -2.46. The summed E-state index contributed by atoms with van der Waals surface area (Å²) >= 11 is 0. The normalized spacial score (nSPS) is 22.2. The van der Waals surface area contributed by atoms with Crippen LogP contribution in [0.5, 0.6) is 0 Å². The third-order valence-electron chi connectivity index (χ3n) is 7.30. The van der Waals surface area contributed by atoms with E-state index in [-0.39, 0.29) is 17.3 Å². The van der Waals surface area contributed by atoms with Crippen molar-refractivity contribution >= 4 is 33.6 Å². The molecule has 0 bridgehead atoms. The first-order valence-electron chi connectivity index (χ1n) is 11.6. The maximum absolute atomic E-state index is 13.0. The van der Waals surface area contributed by atoms with Crippen molar-refractivity contribution < 1.29 is 22.8 Å². The molecule has 4 rings (SSSR count). The molecule has 1 N–H and O–H groups in total. The van der Waals surface area contributed by atoms with Crippen LogP contribution in [0.15, 0.2) is 29.2 Å². The number of likely N-dealkylation sites (N-methyl/N-ethyl adjacent to an activating group) is 1. The fraction of sp³-hybridized carbons (Fsp3) is 0.609. The molecule has 3 aliphatic rings. The lowest BCUT2D eigenvalue weighted by atomic mass is 9.81. The Morgan fingerprint density at radius 2 is 1.67 bits per heavy atom. The summed E-state index contributed by atoms with van der Waals surface area (Å²) < 4.78 is 27.2. The van der Waals surface area contributed by atoms with E-state index in [1.54, 1.807) is 7.05 Å². The van der Waals surface area contributed by atoms with E-state index in [1.807, 2.05) is 0 Å². The number of hydrogen-bond donors (Lipinski definition) is 1. The number of piperidine rings is 1. The Labute approximate surface area is 195 Å². The Morgan fingerprint density at radius 1 is 1.06 bits per heavy atom. The summed E-state index contributed by atoms with van der Waals surface area (Å²) in [5.74, 6) is -0.281. The first-order chi connectivity index (χ1) is 15.6. The number of carbonyl (C=O) groups excluding carboxylic acids is 3. The smallest absolute Gasteiger partial charge is 0.325 e. The number of imide groups is 1. The van der Waals surface area contributed by atoms with Crippen molar-refractivity contribution in [1.29, 1.82) is 0 Å². The minimum absolute atomic E-state index is 0.181. The van der Waals surface area contributed by atoms with E-state index in [2.05, 4.69) is 12.2 Å². The van der Waals surface area contributed by atoms with Crippen molar-refractivity contribution in [3.8, 4) is 0 Å². The third kappa shape index (κ3) is 4.38. The molecule has 0 atom stereocenters. The predicted molar refractivity (Wildman–Crippen MR) is 123 cm³/mol. The predicted octanol–water partition coefficient (Wildman–Crippen LogP) is 2.64. The Bertz CT molecular complexity index is 1030. The molecule has 0 aromatic heterocycles. The van der Waals surface area contributed by atoms with Gasteiger partial charge in [-0.05, 0) is 55.9 Å².